The highest BCUT2D eigenvalue weighted by Crippen LogP contribution is 2.25. The molecule has 1 unspecified atom stereocenters. The number of piperidine rings is 1. The fourth-order valence-electron chi connectivity index (χ4n) is 3.55. The lowest BCUT2D eigenvalue weighted by Gasteiger charge is -2.36. The topological polar surface area (TPSA) is 49.3 Å². The Kier molecular flexibility index (Phi) is 7.00. The van der Waals surface area contributed by atoms with Crippen molar-refractivity contribution in [2.75, 3.05) is 24.5 Å². The van der Waals surface area contributed by atoms with Crippen molar-refractivity contribution in [1.82, 2.24) is 14.9 Å². The number of aromatic nitrogens is 2. The van der Waals surface area contributed by atoms with Gasteiger partial charge in [0.15, 0.2) is 0 Å². The van der Waals surface area contributed by atoms with Gasteiger partial charge in [-0.15, -0.1) is 0 Å². The highest BCUT2D eigenvalue weighted by molar-refractivity contribution is 5.93. The quantitative estimate of drug-likeness (QED) is 0.762. The molecule has 1 aliphatic rings. The van der Waals surface area contributed by atoms with Crippen molar-refractivity contribution in [3.63, 3.8) is 0 Å². The van der Waals surface area contributed by atoms with Crippen LogP contribution in [0.5, 0.6) is 0 Å². The Morgan fingerprint density at radius 3 is 2.54 bits per heavy atom. The summed E-state index contributed by atoms with van der Waals surface area (Å²) < 4.78 is 0. The summed E-state index contributed by atoms with van der Waals surface area (Å²) in [5.74, 6) is 1.64. The number of carbonyl (C=O) groups is 1. The summed E-state index contributed by atoms with van der Waals surface area (Å²) >= 11 is 0. The van der Waals surface area contributed by atoms with Gasteiger partial charge in [-0.1, -0.05) is 20.8 Å². The second-order valence-corrected chi connectivity index (χ2v) is 6.70. The lowest BCUT2D eigenvalue weighted by molar-refractivity contribution is 0.0749. The van der Waals surface area contributed by atoms with E-state index < -0.39 is 0 Å². The van der Waals surface area contributed by atoms with Gasteiger partial charge in [-0.3, -0.25) is 4.79 Å². The molecule has 0 spiro atoms. The Hall–Kier alpha value is -1.65. The van der Waals surface area contributed by atoms with Crippen molar-refractivity contribution >= 4 is 11.7 Å². The first-order chi connectivity index (χ1) is 11.6. The molecular weight excluding hydrogens is 300 g/mol. The van der Waals surface area contributed by atoms with Gasteiger partial charge in [0, 0.05) is 31.7 Å². The third-order valence-electron chi connectivity index (χ3n) is 4.71. The SMILES string of the molecule is CCCN(CCC)C(=O)c1cc(N2CCCCC2CC)nc(C)n1. The molecule has 5 nitrogen and oxygen atoms in total. The molecular formula is C19H32N4O. The van der Waals surface area contributed by atoms with Crippen molar-refractivity contribution in [2.45, 2.75) is 72.3 Å². The van der Waals surface area contributed by atoms with Crippen molar-refractivity contribution in [3.05, 3.63) is 17.6 Å². The van der Waals surface area contributed by atoms with Crippen LogP contribution < -0.4 is 4.90 Å². The maximum atomic E-state index is 12.9. The number of carbonyl (C=O) groups excluding carboxylic acids is 1. The molecule has 2 heterocycles. The number of amides is 1. The second-order valence-electron chi connectivity index (χ2n) is 6.70. The minimum Gasteiger partial charge on any atom is -0.354 e. The van der Waals surface area contributed by atoms with Crippen LogP contribution in [0.2, 0.25) is 0 Å². The average molecular weight is 332 g/mol. The lowest BCUT2D eigenvalue weighted by Crippen LogP contribution is -2.40. The standard InChI is InChI=1S/C19H32N4O/c1-5-11-22(12-6-2)19(24)17-14-18(21-15(4)20-17)23-13-9-8-10-16(23)7-3/h14,16H,5-13H2,1-4H3. The van der Waals surface area contributed by atoms with E-state index in [9.17, 15) is 4.79 Å². The fourth-order valence-corrected chi connectivity index (χ4v) is 3.55. The number of nitrogens with zero attached hydrogens (tertiary/aromatic N) is 4. The molecule has 1 aromatic heterocycles. The first-order valence-corrected chi connectivity index (χ1v) is 9.52. The van der Waals surface area contributed by atoms with E-state index in [1.807, 2.05) is 17.9 Å². The predicted molar refractivity (Wildman–Crippen MR) is 98.5 cm³/mol. The average Bonchev–Trinajstić information content (AvgIpc) is 2.60. The maximum Gasteiger partial charge on any atom is 0.272 e. The van der Waals surface area contributed by atoms with Crippen LogP contribution in [-0.2, 0) is 0 Å². The number of rotatable bonds is 7. The van der Waals surface area contributed by atoms with Gasteiger partial charge in [-0.25, -0.2) is 9.97 Å². The smallest absolute Gasteiger partial charge is 0.272 e. The zero-order valence-corrected chi connectivity index (χ0v) is 15.7. The van der Waals surface area contributed by atoms with Gasteiger partial charge in [-0.2, -0.15) is 0 Å². The normalized spacial score (nSPS) is 17.8. The van der Waals surface area contributed by atoms with Gasteiger partial charge < -0.3 is 9.80 Å². The van der Waals surface area contributed by atoms with E-state index in [0.717, 1.165) is 44.7 Å². The predicted octanol–water partition coefficient (Wildman–Crippen LogP) is 3.82. The van der Waals surface area contributed by atoms with Crippen molar-refractivity contribution in [3.8, 4) is 0 Å². The molecule has 1 atom stereocenters. The van der Waals surface area contributed by atoms with Gasteiger partial charge in [0.05, 0.1) is 0 Å². The molecule has 2 rings (SSSR count). The van der Waals surface area contributed by atoms with E-state index in [0.29, 0.717) is 17.6 Å². The van der Waals surface area contributed by atoms with Crippen LogP contribution in [-0.4, -0.2) is 46.5 Å². The minimum atomic E-state index is 0.0375. The van der Waals surface area contributed by atoms with Crippen LogP contribution in [0.4, 0.5) is 5.82 Å². The van der Waals surface area contributed by atoms with Crippen LogP contribution in [0, 0.1) is 6.92 Å². The monoisotopic (exact) mass is 332 g/mol. The summed E-state index contributed by atoms with van der Waals surface area (Å²) in [6, 6.07) is 2.43. The molecule has 24 heavy (non-hydrogen) atoms. The molecule has 0 radical (unpaired) electrons. The lowest BCUT2D eigenvalue weighted by atomic mass is 10.00. The number of anilines is 1. The number of hydrogen-bond donors (Lipinski definition) is 0. The first kappa shape index (κ1) is 18.7. The number of aryl methyl sites for hydroxylation is 1. The number of hydrogen-bond acceptors (Lipinski definition) is 4. The maximum absolute atomic E-state index is 12.9. The molecule has 134 valence electrons. The van der Waals surface area contributed by atoms with Crippen LogP contribution in [0.3, 0.4) is 0 Å². The Morgan fingerprint density at radius 2 is 1.92 bits per heavy atom. The van der Waals surface area contributed by atoms with Crippen molar-refractivity contribution in [1.29, 1.82) is 0 Å². The largest absolute Gasteiger partial charge is 0.354 e. The molecule has 1 aromatic rings. The van der Waals surface area contributed by atoms with Crippen LogP contribution in [0.15, 0.2) is 6.07 Å². The van der Waals surface area contributed by atoms with Gasteiger partial charge >= 0.3 is 0 Å². The van der Waals surface area contributed by atoms with E-state index in [1.165, 1.54) is 19.3 Å². The van der Waals surface area contributed by atoms with Gasteiger partial charge in [0.2, 0.25) is 0 Å². The molecule has 1 fully saturated rings. The van der Waals surface area contributed by atoms with Crippen LogP contribution in [0.25, 0.3) is 0 Å². The zero-order valence-electron chi connectivity index (χ0n) is 15.7. The van der Waals surface area contributed by atoms with Gasteiger partial charge in [0.1, 0.15) is 17.3 Å². The summed E-state index contributed by atoms with van der Waals surface area (Å²) in [5, 5.41) is 0. The first-order valence-electron chi connectivity index (χ1n) is 9.52. The van der Waals surface area contributed by atoms with Crippen LogP contribution in [0.1, 0.15) is 75.6 Å². The van der Waals surface area contributed by atoms with E-state index in [-0.39, 0.29) is 5.91 Å². The summed E-state index contributed by atoms with van der Waals surface area (Å²) in [5.41, 5.74) is 0.542. The molecule has 0 saturated carbocycles. The second kappa shape index (κ2) is 9.00. The van der Waals surface area contributed by atoms with Crippen LogP contribution >= 0.6 is 0 Å². The Labute approximate surface area is 146 Å². The fraction of sp³-hybridized carbons (Fsp3) is 0.737. The Balaban J connectivity index is 2.28. The summed E-state index contributed by atoms with van der Waals surface area (Å²) in [6.45, 7) is 10.9. The highest BCUT2D eigenvalue weighted by atomic mass is 16.2. The molecule has 0 aromatic carbocycles. The highest BCUT2D eigenvalue weighted by Gasteiger charge is 2.24. The van der Waals surface area contributed by atoms with E-state index in [2.05, 4.69) is 35.6 Å². The molecule has 5 heteroatoms. The Bertz CT molecular complexity index is 540. The van der Waals surface area contributed by atoms with Gasteiger partial charge in [0.25, 0.3) is 5.91 Å². The van der Waals surface area contributed by atoms with Crippen molar-refractivity contribution in [2.24, 2.45) is 0 Å². The van der Waals surface area contributed by atoms with Gasteiger partial charge in [-0.05, 0) is 45.4 Å². The third-order valence-corrected chi connectivity index (χ3v) is 4.71. The van der Waals surface area contributed by atoms with E-state index in [1.54, 1.807) is 0 Å². The van der Waals surface area contributed by atoms with E-state index >= 15 is 0 Å². The summed E-state index contributed by atoms with van der Waals surface area (Å²) in [6.07, 6.45) is 6.73. The molecule has 0 aliphatic carbocycles. The summed E-state index contributed by atoms with van der Waals surface area (Å²) in [4.78, 5) is 26.2. The summed E-state index contributed by atoms with van der Waals surface area (Å²) in [7, 11) is 0. The van der Waals surface area contributed by atoms with Crippen molar-refractivity contribution < 1.29 is 4.79 Å². The Morgan fingerprint density at radius 1 is 1.21 bits per heavy atom. The molecule has 0 N–H and O–H groups in total. The molecule has 0 bridgehead atoms. The van der Waals surface area contributed by atoms with E-state index in [4.69, 9.17) is 0 Å². The molecule has 1 aliphatic heterocycles. The zero-order chi connectivity index (χ0) is 17.5. The minimum absolute atomic E-state index is 0.0375. The molecule has 1 saturated heterocycles. The third kappa shape index (κ3) is 4.46. The molecule has 1 amide bonds.